The van der Waals surface area contributed by atoms with E-state index in [1.54, 1.807) is 0 Å². The van der Waals surface area contributed by atoms with Crippen LogP contribution in [-0.2, 0) is 11.3 Å². The number of hydrogen-bond donors (Lipinski definition) is 1. The molecular formula is C14H11NO2. The minimum atomic E-state index is -0.240. The van der Waals surface area contributed by atoms with Gasteiger partial charge < -0.3 is 10.1 Å². The van der Waals surface area contributed by atoms with Crippen LogP contribution < -0.4 is 5.32 Å². The molecule has 0 atom stereocenters. The van der Waals surface area contributed by atoms with Gasteiger partial charge >= 0.3 is 5.97 Å². The summed E-state index contributed by atoms with van der Waals surface area (Å²) in [6.45, 7) is 0.376. The summed E-state index contributed by atoms with van der Waals surface area (Å²) in [5.74, 6) is -0.240. The average Bonchev–Trinajstić information content (AvgIpc) is 2.59. The summed E-state index contributed by atoms with van der Waals surface area (Å²) in [6, 6.07) is 5.79. The van der Waals surface area contributed by atoms with Crippen LogP contribution >= 0.6 is 0 Å². The third kappa shape index (κ3) is 1.65. The second-order valence-electron chi connectivity index (χ2n) is 3.88. The molecule has 84 valence electrons. The molecule has 17 heavy (non-hydrogen) atoms. The third-order valence-corrected chi connectivity index (χ3v) is 2.82. The first kappa shape index (κ1) is 9.90. The van der Waals surface area contributed by atoms with Crippen LogP contribution in [0.5, 0.6) is 0 Å². The van der Waals surface area contributed by atoms with E-state index >= 15 is 0 Å². The van der Waals surface area contributed by atoms with Crippen LogP contribution in [0, 0.1) is 0 Å². The molecule has 0 bridgehead atoms. The Labute approximate surface area is 99.1 Å². The molecule has 1 N–H and O–H groups in total. The minimum absolute atomic E-state index is 0.240. The Kier molecular flexibility index (Phi) is 2.29. The number of carbonyl (C=O) groups is 1. The molecule has 0 aliphatic carbocycles. The van der Waals surface area contributed by atoms with Gasteiger partial charge in [0.05, 0.1) is 5.56 Å². The molecule has 0 spiro atoms. The van der Waals surface area contributed by atoms with Crippen molar-refractivity contribution >= 4 is 11.7 Å². The molecule has 1 aromatic carbocycles. The summed E-state index contributed by atoms with van der Waals surface area (Å²) in [7, 11) is 0. The van der Waals surface area contributed by atoms with E-state index in [0.29, 0.717) is 12.2 Å². The predicted molar refractivity (Wildman–Crippen MR) is 65.0 cm³/mol. The number of fused-ring (bicyclic) bond motifs is 1. The van der Waals surface area contributed by atoms with Crippen molar-refractivity contribution in [3.63, 3.8) is 0 Å². The number of allylic oxidation sites excluding steroid dienone is 4. The van der Waals surface area contributed by atoms with Gasteiger partial charge in [0.2, 0.25) is 0 Å². The lowest BCUT2D eigenvalue weighted by atomic mass is 10.0. The van der Waals surface area contributed by atoms with Crippen molar-refractivity contribution in [1.29, 1.82) is 0 Å². The number of ether oxygens (including phenoxy) is 1. The zero-order valence-corrected chi connectivity index (χ0v) is 9.14. The molecule has 0 aromatic heterocycles. The molecule has 2 aliphatic rings. The fourth-order valence-electron chi connectivity index (χ4n) is 2.03. The summed E-state index contributed by atoms with van der Waals surface area (Å²) < 4.78 is 5.06. The molecule has 1 aromatic rings. The van der Waals surface area contributed by atoms with Crippen LogP contribution in [0.3, 0.4) is 0 Å². The lowest BCUT2D eigenvalue weighted by Crippen LogP contribution is -2.08. The maximum atomic E-state index is 11.7. The SMILES string of the molecule is O=C1OCc2cccc(C3=CC=CC=CN3)c21. The monoisotopic (exact) mass is 225 g/mol. The smallest absolute Gasteiger partial charge is 0.339 e. The molecule has 2 aliphatic heterocycles. The van der Waals surface area contributed by atoms with Gasteiger partial charge in [-0.05, 0) is 12.2 Å². The standard InChI is InChI=1S/C14H11NO2/c16-14-13-10(9-17-14)5-4-6-11(13)12-7-2-1-3-8-15-12/h1-8,15H,9H2. The maximum absolute atomic E-state index is 11.7. The first-order valence-corrected chi connectivity index (χ1v) is 5.46. The molecule has 0 amide bonds. The lowest BCUT2D eigenvalue weighted by Gasteiger charge is -2.09. The first-order valence-electron chi connectivity index (χ1n) is 5.46. The van der Waals surface area contributed by atoms with Gasteiger partial charge in [-0.1, -0.05) is 30.4 Å². The fourth-order valence-corrected chi connectivity index (χ4v) is 2.03. The van der Waals surface area contributed by atoms with E-state index in [1.807, 2.05) is 48.7 Å². The van der Waals surface area contributed by atoms with E-state index in [-0.39, 0.29) is 5.97 Å². The highest BCUT2D eigenvalue weighted by Crippen LogP contribution is 2.27. The van der Waals surface area contributed by atoms with Crippen LogP contribution in [0.1, 0.15) is 21.5 Å². The lowest BCUT2D eigenvalue weighted by molar-refractivity contribution is 0.0535. The van der Waals surface area contributed by atoms with Crippen LogP contribution in [0.15, 0.2) is 48.7 Å². The molecule has 3 heteroatoms. The second-order valence-corrected chi connectivity index (χ2v) is 3.88. The van der Waals surface area contributed by atoms with Gasteiger partial charge in [-0.15, -0.1) is 0 Å². The quantitative estimate of drug-likeness (QED) is 0.746. The maximum Gasteiger partial charge on any atom is 0.339 e. The van der Waals surface area contributed by atoms with Crippen molar-refractivity contribution in [3.8, 4) is 0 Å². The number of esters is 1. The third-order valence-electron chi connectivity index (χ3n) is 2.82. The summed E-state index contributed by atoms with van der Waals surface area (Å²) >= 11 is 0. The van der Waals surface area contributed by atoms with Gasteiger partial charge in [0, 0.05) is 23.0 Å². The highest BCUT2D eigenvalue weighted by Gasteiger charge is 2.25. The number of carbonyl (C=O) groups excluding carboxylic acids is 1. The summed E-state index contributed by atoms with van der Waals surface area (Å²) in [5, 5.41) is 3.16. The Hall–Kier alpha value is -2.29. The fraction of sp³-hybridized carbons (Fsp3) is 0.0714. The second kappa shape index (κ2) is 3.94. The van der Waals surface area contributed by atoms with Crippen molar-refractivity contribution in [2.75, 3.05) is 0 Å². The van der Waals surface area contributed by atoms with Gasteiger partial charge in [0.1, 0.15) is 6.61 Å². The van der Waals surface area contributed by atoms with E-state index in [0.717, 1.165) is 16.8 Å². The molecule has 3 rings (SSSR count). The van der Waals surface area contributed by atoms with Crippen LogP contribution in [0.25, 0.3) is 5.70 Å². The number of nitrogens with one attached hydrogen (secondary N) is 1. The van der Waals surface area contributed by atoms with Crippen molar-refractivity contribution in [3.05, 3.63) is 65.4 Å². The molecular weight excluding hydrogens is 214 g/mol. The topological polar surface area (TPSA) is 38.3 Å². The highest BCUT2D eigenvalue weighted by molar-refractivity contribution is 5.98. The molecule has 0 saturated heterocycles. The summed E-state index contributed by atoms with van der Waals surface area (Å²) in [6.07, 6.45) is 9.56. The molecule has 2 heterocycles. The van der Waals surface area contributed by atoms with E-state index in [1.165, 1.54) is 0 Å². The number of cyclic esters (lactones) is 1. The Morgan fingerprint density at radius 3 is 3.06 bits per heavy atom. The largest absolute Gasteiger partial charge is 0.457 e. The molecule has 0 saturated carbocycles. The normalized spacial score (nSPS) is 16.9. The van der Waals surface area contributed by atoms with Crippen molar-refractivity contribution in [1.82, 2.24) is 5.32 Å². The Morgan fingerprint density at radius 1 is 1.18 bits per heavy atom. The zero-order chi connectivity index (χ0) is 11.7. The number of hydrogen-bond acceptors (Lipinski definition) is 3. The van der Waals surface area contributed by atoms with Crippen LogP contribution in [0.2, 0.25) is 0 Å². The van der Waals surface area contributed by atoms with E-state index < -0.39 is 0 Å². The Balaban J connectivity index is 2.13. The van der Waals surface area contributed by atoms with Crippen molar-refractivity contribution < 1.29 is 9.53 Å². The Bertz CT molecular complexity index is 568. The highest BCUT2D eigenvalue weighted by atomic mass is 16.5. The van der Waals surface area contributed by atoms with Gasteiger partial charge in [-0.3, -0.25) is 0 Å². The Morgan fingerprint density at radius 2 is 2.12 bits per heavy atom. The number of benzene rings is 1. The van der Waals surface area contributed by atoms with Crippen molar-refractivity contribution in [2.45, 2.75) is 6.61 Å². The molecule has 0 fully saturated rings. The first-order chi connectivity index (χ1) is 8.36. The van der Waals surface area contributed by atoms with E-state index in [2.05, 4.69) is 5.32 Å². The van der Waals surface area contributed by atoms with Gasteiger partial charge in [0.15, 0.2) is 0 Å². The number of rotatable bonds is 1. The van der Waals surface area contributed by atoms with Gasteiger partial charge in [0.25, 0.3) is 0 Å². The molecule has 0 radical (unpaired) electrons. The van der Waals surface area contributed by atoms with Gasteiger partial charge in [-0.25, -0.2) is 4.79 Å². The summed E-state index contributed by atoms with van der Waals surface area (Å²) in [5.41, 5.74) is 3.43. The predicted octanol–water partition coefficient (Wildman–Crippen LogP) is 2.37. The van der Waals surface area contributed by atoms with Crippen LogP contribution in [0.4, 0.5) is 0 Å². The molecule has 3 nitrogen and oxygen atoms in total. The van der Waals surface area contributed by atoms with Crippen molar-refractivity contribution in [2.24, 2.45) is 0 Å². The van der Waals surface area contributed by atoms with E-state index in [4.69, 9.17) is 4.74 Å². The van der Waals surface area contributed by atoms with E-state index in [9.17, 15) is 4.79 Å². The minimum Gasteiger partial charge on any atom is -0.457 e. The summed E-state index contributed by atoms with van der Waals surface area (Å²) in [4.78, 5) is 11.7. The molecule has 0 unspecified atom stereocenters. The average molecular weight is 225 g/mol. The zero-order valence-electron chi connectivity index (χ0n) is 9.14. The van der Waals surface area contributed by atoms with Gasteiger partial charge in [-0.2, -0.15) is 0 Å². The van der Waals surface area contributed by atoms with Crippen LogP contribution in [-0.4, -0.2) is 5.97 Å².